The topological polar surface area (TPSA) is 118 Å². The van der Waals surface area contributed by atoms with Crippen LogP contribution in [0.4, 0.5) is 5.82 Å². The Kier molecular flexibility index (Phi) is 6.38. The molecule has 184 valence electrons. The average molecular weight is 505 g/mol. The van der Waals surface area contributed by atoms with E-state index >= 15 is 0 Å². The quantitative estimate of drug-likeness (QED) is 0.563. The van der Waals surface area contributed by atoms with Crippen LogP contribution in [0.2, 0.25) is 0 Å². The predicted molar refractivity (Wildman–Crippen MR) is 133 cm³/mol. The molecule has 0 aromatic carbocycles. The molecule has 1 atom stereocenters. The van der Waals surface area contributed by atoms with Crippen molar-refractivity contribution in [3.05, 3.63) is 27.7 Å². The molecule has 0 spiro atoms. The van der Waals surface area contributed by atoms with Gasteiger partial charge in [0.05, 0.1) is 5.39 Å². The number of nitrogen functional groups attached to an aromatic ring is 1. The number of anilines is 1. The minimum atomic E-state index is -3.62. The summed E-state index contributed by atoms with van der Waals surface area (Å²) < 4.78 is 33.0. The summed E-state index contributed by atoms with van der Waals surface area (Å²) in [5.74, 6) is 2.41. The van der Waals surface area contributed by atoms with Crippen molar-refractivity contribution in [1.82, 2.24) is 24.3 Å². The molecule has 1 aliphatic heterocycles. The summed E-state index contributed by atoms with van der Waals surface area (Å²) >= 11 is 1.77. The summed E-state index contributed by atoms with van der Waals surface area (Å²) in [5.41, 5.74) is 8.15. The summed E-state index contributed by atoms with van der Waals surface area (Å²) in [6.07, 6.45) is 4.81. The lowest BCUT2D eigenvalue weighted by Gasteiger charge is -2.21. The minimum Gasteiger partial charge on any atom is -0.383 e. The fourth-order valence-corrected chi connectivity index (χ4v) is 8.34. The second kappa shape index (κ2) is 9.18. The maximum Gasteiger partial charge on any atom is 0.248 e. The van der Waals surface area contributed by atoms with E-state index in [1.807, 2.05) is 0 Å². The van der Waals surface area contributed by atoms with Crippen molar-refractivity contribution < 1.29 is 12.9 Å². The zero-order valence-electron chi connectivity index (χ0n) is 20.0. The standard InChI is InChI=1S/C23H32N6O3S2/c1-14-5-6-17-18(13-14)33-23-20(17)22(24)25-19(26-23)7-10-28-8-4-9-29(12-11-28)34(30,31)21-15(2)27-32-16(21)3/h14H,4-13H2,1-3H3,(H2,24,25,26)/t14-/m0/s1. The Bertz CT molecular complexity index is 1300. The lowest BCUT2D eigenvalue weighted by Crippen LogP contribution is -2.36. The molecule has 3 aromatic rings. The minimum absolute atomic E-state index is 0.200. The number of hydrogen-bond donors (Lipinski definition) is 1. The molecule has 2 aliphatic rings. The largest absolute Gasteiger partial charge is 0.383 e. The first-order chi connectivity index (χ1) is 16.2. The van der Waals surface area contributed by atoms with Gasteiger partial charge < -0.3 is 15.2 Å². The number of nitrogens with two attached hydrogens (primary N) is 1. The Morgan fingerprint density at radius 3 is 2.76 bits per heavy atom. The van der Waals surface area contributed by atoms with Crippen molar-refractivity contribution in [2.75, 3.05) is 38.5 Å². The van der Waals surface area contributed by atoms with Gasteiger partial charge in [0.15, 0.2) is 5.76 Å². The van der Waals surface area contributed by atoms with Crippen molar-refractivity contribution in [1.29, 1.82) is 0 Å². The smallest absolute Gasteiger partial charge is 0.248 e. The molecule has 1 saturated heterocycles. The van der Waals surface area contributed by atoms with Crippen LogP contribution >= 0.6 is 11.3 Å². The first-order valence-electron chi connectivity index (χ1n) is 12.0. The molecule has 1 fully saturated rings. The van der Waals surface area contributed by atoms with E-state index in [4.69, 9.17) is 15.2 Å². The van der Waals surface area contributed by atoms with Crippen molar-refractivity contribution in [2.24, 2.45) is 5.92 Å². The molecule has 0 saturated carbocycles. The molecular formula is C23H32N6O3S2. The number of hydrogen-bond acceptors (Lipinski definition) is 9. The van der Waals surface area contributed by atoms with Crippen LogP contribution in [0.25, 0.3) is 10.2 Å². The van der Waals surface area contributed by atoms with Gasteiger partial charge in [-0.2, -0.15) is 4.31 Å². The maximum absolute atomic E-state index is 13.2. The molecule has 1 aliphatic carbocycles. The molecule has 3 aromatic heterocycles. The molecule has 0 radical (unpaired) electrons. The highest BCUT2D eigenvalue weighted by Crippen LogP contribution is 2.39. The molecule has 11 heteroatoms. The summed E-state index contributed by atoms with van der Waals surface area (Å²) in [5, 5.41) is 4.88. The average Bonchev–Trinajstić information content (AvgIpc) is 3.20. The van der Waals surface area contributed by atoms with Crippen molar-refractivity contribution >= 4 is 37.4 Å². The molecular weight excluding hydrogens is 472 g/mol. The van der Waals surface area contributed by atoms with E-state index in [1.54, 1.807) is 29.5 Å². The van der Waals surface area contributed by atoms with Gasteiger partial charge in [-0.1, -0.05) is 12.1 Å². The van der Waals surface area contributed by atoms with Crippen LogP contribution in [-0.4, -0.2) is 65.5 Å². The number of sulfonamides is 1. The van der Waals surface area contributed by atoms with E-state index < -0.39 is 10.0 Å². The number of aryl methyl sites for hydroxylation is 3. The first-order valence-corrected chi connectivity index (χ1v) is 14.2. The Balaban J connectivity index is 1.26. The molecule has 34 heavy (non-hydrogen) atoms. The normalized spacial score (nSPS) is 20.5. The Hall–Kier alpha value is -2.08. The maximum atomic E-state index is 13.2. The van der Waals surface area contributed by atoms with E-state index in [1.165, 1.54) is 16.9 Å². The molecule has 0 bridgehead atoms. The van der Waals surface area contributed by atoms with Gasteiger partial charge in [0.1, 0.15) is 27.1 Å². The number of thiophene rings is 1. The fourth-order valence-electron chi connectivity index (χ4n) is 5.17. The van der Waals surface area contributed by atoms with E-state index in [0.29, 0.717) is 49.2 Å². The molecule has 9 nitrogen and oxygen atoms in total. The zero-order valence-corrected chi connectivity index (χ0v) is 21.6. The second-order valence-electron chi connectivity index (χ2n) is 9.56. The van der Waals surface area contributed by atoms with Gasteiger partial charge in [0.25, 0.3) is 0 Å². The lowest BCUT2D eigenvalue weighted by molar-refractivity contribution is 0.288. The highest BCUT2D eigenvalue weighted by molar-refractivity contribution is 7.89. The van der Waals surface area contributed by atoms with Crippen LogP contribution in [0.5, 0.6) is 0 Å². The van der Waals surface area contributed by atoms with E-state index in [0.717, 1.165) is 48.4 Å². The van der Waals surface area contributed by atoms with Crippen LogP contribution in [-0.2, 0) is 29.3 Å². The van der Waals surface area contributed by atoms with E-state index in [-0.39, 0.29) is 4.90 Å². The first kappa shape index (κ1) is 23.7. The van der Waals surface area contributed by atoms with Gasteiger partial charge in [-0.15, -0.1) is 11.3 Å². The molecule has 4 heterocycles. The third-order valence-corrected chi connectivity index (χ3v) is 10.3. The Morgan fingerprint density at radius 1 is 1.18 bits per heavy atom. The van der Waals surface area contributed by atoms with Crippen LogP contribution < -0.4 is 5.73 Å². The third kappa shape index (κ3) is 4.34. The van der Waals surface area contributed by atoms with Crippen molar-refractivity contribution in [3.63, 3.8) is 0 Å². The highest BCUT2D eigenvalue weighted by atomic mass is 32.2. The Morgan fingerprint density at radius 2 is 2.00 bits per heavy atom. The van der Waals surface area contributed by atoms with Gasteiger partial charge in [-0.25, -0.2) is 18.4 Å². The Labute approximate surface area is 204 Å². The second-order valence-corrected chi connectivity index (χ2v) is 12.5. The molecule has 0 amide bonds. The van der Waals surface area contributed by atoms with Crippen molar-refractivity contribution in [3.8, 4) is 0 Å². The summed E-state index contributed by atoms with van der Waals surface area (Å²) in [4.78, 5) is 14.4. The van der Waals surface area contributed by atoms with Crippen LogP contribution in [0.15, 0.2) is 9.42 Å². The molecule has 0 unspecified atom stereocenters. The van der Waals surface area contributed by atoms with Crippen LogP contribution in [0.3, 0.4) is 0 Å². The van der Waals surface area contributed by atoms with Gasteiger partial charge in [0.2, 0.25) is 10.0 Å². The van der Waals surface area contributed by atoms with Crippen molar-refractivity contribution in [2.45, 2.75) is 57.8 Å². The van der Waals surface area contributed by atoms with Gasteiger partial charge in [-0.05, 0) is 57.6 Å². The molecule has 5 rings (SSSR count). The SMILES string of the molecule is Cc1noc(C)c1S(=O)(=O)N1CCCN(CCc2nc(N)c3c4c(sc3n2)C[C@@H](C)CC4)CC1. The summed E-state index contributed by atoms with van der Waals surface area (Å²) in [7, 11) is -3.62. The zero-order chi connectivity index (χ0) is 24.0. The van der Waals surface area contributed by atoms with Crippen LogP contribution in [0, 0.1) is 19.8 Å². The lowest BCUT2D eigenvalue weighted by atomic mass is 9.89. The third-order valence-electron chi connectivity index (χ3n) is 6.99. The number of nitrogens with zero attached hydrogens (tertiary/aromatic N) is 5. The highest BCUT2D eigenvalue weighted by Gasteiger charge is 2.32. The summed E-state index contributed by atoms with van der Waals surface area (Å²) in [6.45, 7) is 8.79. The van der Waals surface area contributed by atoms with Gasteiger partial charge in [-0.3, -0.25) is 0 Å². The van der Waals surface area contributed by atoms with E-state index in [2.05, 4.69) is 22.0 Å². The van der Waals surface area contributed by atoms with Gasteiger partial charge >= 0.3 is 0 Å². The fraction of sp³-hybridized carbons (Fsp3) is 0.609. The van der Waals surface area contributed by atoms with E-state index in [9.17, 15) is 8.42 Å². The van der Waals surface area contributed by atoms with Gasteiger partial charge in [0, 0.05) is 37.5 Å². The number of aromatic nitrogens is 3. The predicted octanol–water partition coefficient (Wildman–Crippen LogP) is 2.94. The molecule has 2 N–H and O–H groups in total. The monoisotopic (exact) mass is 504 g/mol. The van der Waals surface area contributed by atoms with Crippen LogP contribution in [0.1, 0.15) is 47.5 Å². The number of rotatable bonds is 5. The summed E-state index contributed by atoms with van der Waals surface area (Å²) in [6, 6.07) is 0. The number of fused-ring (bicyclic) bond motifs is 3.